The van der Waals surface area contributed by atoms with Gasteiger partial charge in [-0.3, -0.25) is 0 Å². The summed E-state index contributed by atoms with van der Waals surface area (Å²) in [4.78, 5) is 0. The van der Waals surface area contributed by atoms with Gasteiger partial charge < -0.3 is 13.9 Å². The molecule has 0 aliphatic carbocycles. The maximum Gasteiger partial charge on any atom is 0.0991 e. The molecule has 6 aromatic carbocycles. The topological polar surface area (TPSA) is 66.7 Å². The molecule has 3 heterocycles. The quantitative estimate of drug-likeness (QED) is 0.206. The average Bonchev–Trinajstić information content (AvgIpc) is 3.53. The number of ether oxygens (including phenoxy) is 1. The summed E-state index contributed by atoms with van der Waals surface area (Å²) in [6, 6.07) is 46.4. The van der Waals surface area contributed by atoms with Gasteiger partial charge in [-0.1, -0.05) is 48.5 Å². The fraction of sp³-hybridized carbons (Fsp3) is 0.0500. The molecule has 5 heteroatoms. The molecule has 1 aliphatic heterocycles. The molecule has 0 unspecified atom stereocenters. The molecule has 210 valence electrons. The van der Waals surface area contributed by atoms with Gasteiger partial charge >= 0.3 is 0 Å². The zero-order valence-electron chi connectivity index (χ0n) is 24.2. The first-order valence-corrected chi connectivity index (χ1v) is 14.9. The predicted octanol–water partition coefficient (Wildman–Crippen LogP) is 9.32. The summed E-state index contributed by atoms with van der Waals surface area (Å²) >= 11 is 0. The van der Waals surface area contributed by atoms with Gasteiger partial charge in [0, 0.05) is 32.9 Å². The molecule has 0 saturated heterocycles. The van der Waals surface area contributed by atoms with Crippen molar-refractivity contribution in [1.29, 1.82) is 10.5 Å². The highest BCUT2D eigenvalue weighted by Gasteiger charge is 2.20. The number of aromatic nitrogens is 2. The van der Waals surface area contributed by atoms with Crippen LogP contribution in [0.4, 0.5) is 0 Å². The Balaban J connectivity index is 1.23. The van der Waals surface area contributed by atoms with E-state index in [4.69, 9.17) is 4.74 Å². The molecule has 0 fully saturated rings. The minimum absolute atomic E-state index is 0.509. The number of hydrogen-bond acceptors (Lipinski definition) is 3. The summed E-state index contributed by atoms with van der Waals surface area (Å²) in [5.41, 5.74) is 12.4. The average molecular weight is 577 g/mol. The molecule has 0 radical (unpaired) electrons. The van der Waals surface area contributed by atoms with E-state index in [1.807, 2.05) is 48.5 Å². The van der Waals surface area contributed by atoms with Crippen LogP contribution in [0.5, 0.6) is 0 Å². The molecule has 0 N–H and O–H groups in total. The van der Waals surface area contributed by atoms with Gasteiger partial charge in [-0.05, 0) is 95.1 Å². The van der Waals surface area contributed by atoms with Crippen molar-refractivity contribution in [2.24, 2.45) is 0 Å². The van der Waals surface area contributed by atoms with E-state index in [0.29, 0.717) is 24.3 Å². The number of hydrogen-bond donors (Lipinski definition) is 0. The molecule has 9 rings (SSSR count). The maximum absolute atomic E-state index is 9.57. The minimum atomic E-state index is 0.509. The minimum Gasteiger partial charge on any atom is -0.372 e. The predicted molar refractivity (Wildman–Crippen MR) is 178 cm³/mol. The number of rotatable bonds is 2. The van der Waals surface area contributed by atoms with Crippen molar-refractivity contribution in [3.05, 3.63) is 144 Å². The van der Waals surface area contributed by atoms with E-state index in [1.54, 1.807) is 0 Å². The van der Waals surface area contributed by atoms with Crippen LogP contribution in [0.3, 0.4) is 0 Å². The lowest BCUT2D eigenvalue weighted by Gasteiger charge is -2.15. The molecule has 45 heavy (non-hydrogen) atoms. The second-order valence-electron chi connectivity index (χ2n) is 11.6. The van der Waals surface area contributed by atoms with Crippen LogP contribution in [0.2, 0.25) is 0 Å². The van der Waals surface area contributed by atoms with E-state index < -0.39 is 0 Å². The van der Waals surface area contributed by atoms with E-state index in [2.05, 4.69) is 94.1 Å². The third-order valence-electron chi connectivity index (χ3n) is 9.11. The van der Waals surface area contributed by atoms with Gasteiger partial charge in [-0.15, -0.1) is 0 Å². The first kappa shape index (κ1) is 25.4. The van der Waals surface area contributed by atoms with E-state index in [9.17, 15) is 10.5 Å². The van der Waals surface area contributed by atoms with Crippen molar-refractivity contribution in [1.82, 2.24) is 9.13 Å². The van der Waals surface area contributed by atoms with Crippen LogP contribution < -0.4 is 0 Å². The van der Waals surface area contributed by atoms with Crippen molar-refractivity contribution in [3.8, 4) is 34.6 Å². The maximum atomic E-state index is 9.57. The standard InChI is InChI=1S/C40H24N4O/c41-21-25-9-15-39-35(17-25)32-5-1-3-7-37(32)43(39)29-13-14-31-28(19-29)24-45-23-27-11-12-30(20-34(27)31)44-38-8-4-2-6-33(38)36-18-26(22-42)10-16-40(36)44/h1-20H,23-24H2. The van der Waals surface area contributed by atoms with Crippen LogP contribution in [0.25, 0.3) is 66.1 Å². The number of nitriles is 2. The summed E-state index contributed by atoms with van der Waals surface area (Å²) < 4.78 is 10.8. The lowest BCUT2D eigenvalue weighted by Crippen LogP contribution is -1.98. The number of benzene rings is 6. The van der Waals surface area contributed by atoms with Crippen molar-refractivity contribution >= 4 is 43.6 Å². The molecule has 0 spiro atoms. The second kappa shape index (κ2) is 9.69. The Morgan fingerprint density at radius 3 is 1.62 bits per heavy atom. The Morgan fingerprint density at radius 2 is 1.00 bits per heavy atom. The lowest BCUT2D eigenvalue weighted by atomic mass is 9.95. The van der Waals surface area contributed by atoms with E-state index in [-0.39, 0.29) is 0 Å². The highest BCUT2D eigenvalue weighted by Crippen LogP contribution is 2.39. The van der Waals surface area contributed by atoms with Gasteiger partial charge in [-0.2, -0.15) is 10.5 Å². The first-order chi connectivity index (χ1) is 22.2. The molecule has 1 aliphatic rings. The second-order valence-corrected chi connectivity index (χ2v) is 11.6. The highest BCUT2D eigenvalue weighted by molar-refractivity contribution is 6.10. The smallest absolute Gasteiger partial charge is 0.0991 e. The zero-order chi connectivity index (χ0) is 30.1. The van der Waals surface area contributed by atoms with Crippen LogP contribution >= 0.6 is 0 Å². The number of nitrogens with zero attached hydrogens (tertiary/aromatic N) is 4. The third kappa shape index (κ3) is 3.76. The Morgan fingerprint density at radius 1 is 0.467 bits per heavy atom. The van der Waals surface area contributed by atoms with Gasteiger partial charge in [0.1, 0.15) is 0 Å². The van der Waals surface area contributed by atoms with Crippen LogP contribution in [0.1, 0.15) is 22.3 Å². The molecule has 0 amide bonds. The molecule has 2 aromatic heterocycles. The Kier molecular flexibility index (Phi) is 5.46. The Labute approximate surface area is 259 Å². The molecule has 0 bridgehead atoms. The fourth-order valence-corrected chi connectivity index (χ4v) is 7.09. The Bertz CT molecular complexity index is 2610. The van der Waals surface area contributed by atoms with Crippen molar-refractivity contribution in [3.63, 3.8) is 0 Å². The summed E-state index contributed by atoms with van der Waals surface area (Å²) in [5.74, 6) is 0. The van der Waals surface area contributed by atoms with Crippen LogP contribution in [-0.2, 0) is 18.0 Å². The van der Waals surface area contributed by atoms with Gasteiger partial charge in [0.15, 0.2) is 0 Å². The summed E-state index contributed by atoms with van der Waals surface area (Å²) in [6.45, 7) is 1.04. The van der Waals surface area contributed by atoms with Gasteiger partial charge in [0.05, 0.1) is 58.5 Å². The largest absolute Gasteiger partial charge is 0.372 e. The number of fused-ring (bicyclic) bond motifs is 9. The van der Waals surface area contributed by atoms with Crippen molar-refractivity contribution < 1.29 is 4.74 Å². The summed E-state index contributed by atoms with van der Waals surface area (Å²) in [5, 5.41) is 23.5. The lowest BCUT2D eigenvalue weighted by molar-refractivity contribution is 0.110. The van der Waals surface area contributed by atoms with E-state index >= 15 is 0 Å². The molecular formula is C40H24N4O. The van der Waals surface area contributed by atoms with E-state index in [1.165, 1.54) is 0 Å². The molecule has 8 aromatic rings. The van der Waals surface area contributed by atoms with Crippen molar-refractivity contribution in [2.45, 2.75) is 13.2 Å². The fourth-order valence-electron chi connectivity index (χ4n) is 7.09. The monoisotopic (exact) mass is 576 g/mol. The van der Waals surface area contributed by atoms with Gasteiger partial charge in [0.2, 0.25) is 0 Å². The summed E-state index contributed by atoms with van der Waals surface area (Å²) in [7, 11) is 0. The first-order valence-electron chi connectivity index (χ1n) is 14.9. The SMILES string of the molecule is N#Cc1ccc2c(c1)c1ccccc1n2-c1ccc2c(c1)COCc1ccc(-n3c4ccccc4c4cc(C#N)ccc43)cc1-2. The summed E-state index contributed by atoms with van der Waals surface area (Å²) in [6.07, 6.45) is 0. The Hall–Kier alpha value is -6.14. The normalized spacial score (nSPS) is 12.6. The van der Waals surface area contributed by atoms with Crippen LogP contribution in [0, 0.1) is 22.7 Å². The van der Waals surface area contributed by atoms with Gasteiger partial charge in [-0.25, -0.2) is 0 Å². The van der Waals surface area contributed by atoms with Gasteiger partial charge in [0.25, 0.3) is 0 Å². The number of para-hydroxylation sites is 2. The highest BCUT2D eigenvalue weighted by atomic mass is 16.5. The third-order valence-corrected chi connectivity index (χ3v) is 9.11. The van der Waals surface area contributed by atoms with E-state index in [0.717, 1.165) is 77.2 Å². The zero-order valence-corrected chi connectivity index (χ0v) is 24.2. The van der Waals surface area contributed by atoms with Crippen LogP contribution in [0.15, 0.2) is 121 Å². The van der Waals surface area contributed by atoms with Crippen molar-refractivity contribution in [2.75, 3.05) is 0 Å². The van der Waals surface area contributed by atoms with Crippen LogP contribution in [-0.4, -0.2) is 9.13 Å². The molecule has 0 atom stereocenters. The molecule has 0 saturated carbocycles. The molecule has 5 nitrogen and oxygen atoms in total. The molecular weight excluding hydrogens is 552 g/mol.